The molecule has 2 rings (SSSR count). The molecule has 0 fully saturated rings. The van der Waals surface area contributed by atoms with Gasteiger partial charge in [0.25, 0.3) is 0 Å². The van der Waals surface area contributed by atoms with Crippen LogP contribution < -0.4 is 5.30 Å². The molecule has 2 aromatic carbocycles. The van der Waals surface area contributed by atoms with Crippen molar-refractivity contribution < 1.29 is 35.7 Å². The van der Waals surface area contributed by atoms with Crippen LogP contribution in [0.25, 0.3) is 0 Å². The van der Waals surface area contributed by atoms with Crippen molar-refractivity contribution >= 4 is 18.0 Å². The molecule has 0 bridgehead atoms. The van der Waals surface area contributed by atoms with E-state index in [-0.39, 0.29) is 16.9 Å². The predicted octanol–water partition coefficient (Wildman–Crippen LogP) is 7.63. The minimum absolute atomic E-state index is 0.0594. The Morgan fingerprint density at radius 3 is 1.72 bits per heavy atom. The first kappa shape index (κ1) is 26.2. The predicted molar refractivity (Wildman–Crippen MR) is 113 cm³/mol. The van der Waals surface area contributed by atoms with E-state index in [4.69, 9.17) is 0 Å². The summed E-state index contributed by atoms with van der Waals surface area (Å²) in [4.78, 5) is 13.4. The Hall–Kier alpha value is -2.08. The lowest BCUT2D eigenvalue weighted by atomic mass is 9.86. The van der Waals surface area contributed by atoms with E-state index < -0.39 is 47.6 Å². The van der Waals surface area contributed by atoms with E-state index in [0.29, 0.717) is 24.6 Å². The lowest BCUT2D eigenvalue weighted by Gasteiger charge is -2.28. The molecule has 0 aliphatic rings. The van der Waals surface area contributed by atoms with Crippen LogP contribution in [-0.4, -0.2) is 11.7 Å². The summed E-state index contributed by atoms with van der Waals surface area (Å²) >= 11 is 0. The number of alkyl halides is 6. The number of rotatable bonds is 6. The van der Waals surface area contributed by atoms with Crippen LogP contribution in [0.5, 0.6) is 0 Å². The Balaban J connectivity index is 2.77. The fraction of sp³-hybridized carbons (Fsp3) is 0.435. The zero-order valence-corrected chi connectivity index (χ0v) is 19.0. The van der Waals surface area contributed by atoms with E-state index in [1.54, 1.807) is 13.0 Å². The van der Waals surface area contributed by atoms with E-state index in [0.717, 1.165) is 0 Å². The Morgan fingerprint density at radius 2 is 1.31 bits per heavy atom. The first-order valence-corrected chi connectivity index (χ1v) is 11.8. The molecule has 0 aliphatic heterocycles. The second kappa shape index (κ2) is 9.05. The Bertz CT molecular complexity index is 972. The van der Waals surface area contributed by atoms with Crippen LogP contribution in [0.2, 0.25) is 0 Å². The molecular weight excluding hydrogens is 453 g/mol. The lowest BCUT2D eigenvalue weighted by molar-refractivity contribution is -0.143. The van der Waals surface area contributed by atoms with Crippen molar-refractivity contribution in [2.45, 2.75) is 46.5 Å². The van der Waals surface area contributed by atoms with Crippen molar-refractivity contribution in [1.82, 2.24) is 0 Å². The third kappa shape index (κ3) is 6.03. The summed E-state index contributed by atoms with van der Waals surface area (Å²) in [7, 11) is -4.36. The standard InChI is InChI=1S/C23H25F6O2P/c1-15(13-21(2,3)4)14-32(31,16-9-6-5-7-10-16)20(30)19-17(22(24,25)26)11-8-12-18(19)23(27,28)29/h5-12,15H,13-14H2,1-4H3. The maximum atomic E-state index is 14.1. The maximum absolute atomic E-state index is 14.1. The van der Waals surface area contributed by atoms with Gasteiger partial charge in [-0.15, -0.1) is 0 Å². The second-order valence-electron chi connectivity index (χ2n) is 9.16. The van der Waals surface area contributed by atoms with E-state index >= 15 is 0 Å². The summed E-state index contributed by atoms with van der Waals surface area (Å²) in [6.07, 6.45) is -10.3. The Kier molecular flexibility index (Phi) is 7.40. The molecule has 0 radical (unpaired) electrons. The maximum Gasteiger partial charge on any atom is 0.417 e. The average Bonchev–Trinajstić information content (AvgIpc) is 2.64. The van der Waals surface area contributed by atoms with Gasteiger partial charge in [0.2, 0.25) is 5.52 Å². The van der Waals surface area contributed by atoms with E-state index in [1.807, 2.05) is 20.8 Å². The molecular formula is C23H25F6O2P. The van der Waals surface area contributed by atoms with Gasteiger partial charge in [-0.3, -0.25) is 4.79 Å². The smallest absolute Gasteiger partial charge is 0.310 e. The molecule has 9 heteroatoms. The molecule has 2 atom stereocenters. The molecule has 0 amide bonds. The minimum Gasteiger partial charge on any atom is -0.310 e. The fourth-order valence-electron chi connectivity index (χ4n) is 3.96. The zero-order valence-electron chi connectivity index (χ0n) is 18.1. The summed E-state index contributed by atoms with van der Waals surface area (Å²) in [5, 5.41) is -0.0594. The van der Waals surface area contributed by atoms with Gasteiger partial charge < -0.3 is 4.57 Å². The van der Waals surface area contributed by atoms with Crippen molar-refractivity contribution in [3.05, 3.63) is 65.2 Å². The van der Waals surface area contributed by atoms with Crippen molar-refractivity contribution in [2.75, 3.05) is 6.16 Å². The van der Waals surface area contributed by atoms with Crippen LogP contribution in [-0.2, 0) is 16.9 Å². The average molecular weight is 478 g/mol. The molecule has 0 heterocycles. The summed E-state index contributed by atoms with van der Waals surface area (Å²) in [6.45, 7) is 7.40. The first-order valence-electron chi connectivity index (χ1n) is 9.94. The number of hydrogen-bond acceptors (Lipinski definition) is 2. The monoisotopic (exact) mass is 478 g/mol. The van der Waals surface area contributed by atoms with Crippen LogP contribution in [0.1, 0.15) is 55.6 Å². The molecule has 2 aromatic rings. The highest BCUT2D eigenvalue weighted by Crippen LogP contribution is 2.53. The highest BCUT2D eigenvalue weighted by molar-refractivity contribution is 7.87. The summed E-state index contributed by atoms with van der Waals surface area (Å²) < 4.78 is 95.9. The summed E-state index contributed by atoms with van der Waals surface area (Å²) in [5.41, 5.74) is -6.92. The van der Waals surface area contributed by atoms with Crippen LogP contribution in [0.3, 0.4) is 0 Å². The molecule has 0 spiro atoms. The highest BCUT2D eigenvalue weighted by Gasteiger charge is 2.47. The number of benzene rings is 2. The topological polar surface area (TPSA) is 34.1 Å². The normalized spacial score (nSPS) is 15.8. The molecule has 176 valence electrons. The van der Waals surface area contributed by atoms with Crippen molar-refractivity contribution in [3.63, 3.8) is 0 Å². The van der Waals surface area contributed by atoms with Crippen molar-refractivity contribution in [2.24, 2.45) is 11.3 Å². The van der Waals surface area contributed by atoms with Crippen LogP contribution >= 0.6 is 7.14 Å². The molecule has 0 saturated carbocycles. The molecule has 32 heavy (non-hydrogen) atoms. The second-order valence-corrected chi connectivity index (χ2v) is 11.9. The van der Waals surface area contributed by atoms with Gasteiger partial charge in [0.05, 0.1) is 16.7 Å². The molecule has 0 aliphatic carbocycles. The van der Waals surface area contributed by atoms with Crippen LogP contribution in [0.15, 0.2) is 48.5 Å². The molecule has 0 saturated heterocycles. The van der Waals surface area contributed by atoms with Gasteiger partial charge in [0, 0.05) is 11.5 Å². The molecule has 2 nitrogen and oxygen atoms in total. The number of carbonyl (C=O) groups is 1. The number of halogens is 6. The van der Waals surface area contributed by atoms with Gasteiger partial charge in [-0.2, -0.15) is 26.3 Å². The van der Waals surface area contributed by atoms with Gasteiger partial charge in [0.1, 0.15) is 0 Å². The molecule has 0 N–H and O–H groups in total. The summed E-state index contributed by atoms with van der Waals surface area (Å²) in [6, 6.07) is 8.50. The van der Waals surface area contributed by atoms with Crippen molar-refractivity contribution in [1.29, 1.82) is 0 Å². The van der Waals surface area contributed by atoms with E-state index in [9.17, 15) is 35.7 Å². The molecule has 2 unspecified atom stereocenters. The fourth-order valence-corrected chi connectivity index (χ4v) is 6.83. The third-order valence-corrected chi connectivity index (χ3v) is 8.07. The summed E-state index contributed by atoms with van der Waals surface area (Å²) in [5.74, 6) is -0.391. The van der Waals surface area contributed by atoms with Gasteiger partial charge in [-0.1, -0.05) is 64.1 Å². The van der Waals surface area contributed by atoms with Gasteiger partial charge in [-0.05, 0) is 29.9 Å². The van der Waals surface area contributed by atoms with Gasteiger partial charge in [-0.25, -0.2) is 0 Å². The van der Waals surface area contributed by atoms with Crippen LogP contribution in [0.4, 0.5) is 26.3 Å². The number of carbonyl (C=O) groups excluding carboxylic acids is 1. The highest BCUT2D eigenvalue weighted by atomic mass is 31.2. The minimum atomic E-state index is -5.23. The zero-order chi connectivity index (χ0) is 24.5. The molecule has 0 aromatic heterocycles. The largest absolute Gasteiger partial charge is 0.417 e. The SMILES string of the molecule is CC(CC(C)(C)C)CP(=O)(C(=O)c1c(C(F)(F)F)cccc1C(F)(F)F)c1ccccc1. The van der Waals surface area contributed by atoms with E-state index in [2.05, 4.69) is 0 Å². The Labute approximate surface area is 183 Å². The third-order valence-electron chi connectivity index (χ3n) is 4.92. The van der Waals surface area contributed by atoms with Gasteiger partial charge in [0.15, 0.2) is 7.14 Å². The van der Waals surface area contributed by atoms with Crippen LogP contribution in [0, 0.1) is 11.3 Å². The quantitative estimate of drug-likeness (QED) is 0.316. The first-order chi connectivity index (χ1) is 14.5. The van der Waals surface area contributed by atoms with Crippen molar-refractivity contribution in [3.8, 4) is 0 Å². The number of hydrogen-bond donors (Lipinski definition) is 0. The van der Waals surface area contributed by atoms with Gasteiger partial charge >= 0.3 is 12.4 Å². The van der Waals surface area contributed by atoms with E-state index in [1.165, 1.54) is 24.3 Å². The lowest BCUT2D eigenvalue weighted by Crippen LogP contribution is -2.26. The Morgan fingerprint density at radius 1 is 0.844 bits per heavy atom.